The summed E-state index contributed by atoms with van der Waals surface area (Å²) < 4.78 is 13.6. The molecule has 0 radical (unpaired) electrons. The molecule has 0 amide bonds. The van der Waals surface area contributed by atoms with Crippen molar-refractivity contribution in [3.8, 4) is 0 Å². The van der Waals surface area contributed by atoms with Gasteiger partial charge in [-0.25, -0.2) is 9.37 Å². The second kappa shape index (κ2) is 3.48. The van der Waals surface area contributed by atoms with Gasteiger partial charge in [0, 0.05) is 0 Å². The molecule has 0 aliphatic heterocycles. The Bertz CT molecular complexity index is 243. The second-order valence-electron chi connectivity index (χ2n) is 1.53. The van der Waals surface area contributed by atoms with Crippen molar-refractivity contribution in [3.05, 3.63) is 24.3 Å². The van der Waals surface area contributed by atoms with Crippen molar-refractivity contribution in [1.29, 1.82) is 0 Å². The maximum Gasteiger partial charge on any atom is 0.168 e. The maximum absolute atomic E-state index is 12.8. The minimum absolute atomic E-state index is 0.300. The van der Waals surface area contributed by atoms with Gasteiger partial charge in [0.25, 0.3) is 0 Å². The molecule has 0 atom stereocenters. The Morgan fingerprint density at radius 2 is 2.10 bits per heavy atom. The van der Waals surface area contributed by atoms with Crippen LogP contribution in [0.4, 0.5) is 4.39 Å². The Morgan fingerprint density at radius 1 is 1.50 bits per heavy atom. The smallest absolute Gasteiger partial charge is 0.168 e. The molecule has 1 heterocycles. The van der Waals surface area contributed by atoms with Gasteiger partial charge < -0.3 is 0 Å². The van der Waals surface area contributed by atoms with E-state index in [2.05, 4.69) is 4.98 Å². The van der Waals surface area contributed by atoms with Crippen LogP contribution in [0.2, 0.25) is 5.15 Å². The average molecular weight is 383 g/mol. The van der Waals surface area contributed by atoms with Crippen LogP contribution in [0.3, 0.4) is 0 Å². The zero-order valence-corrected chi connectivity index (χ0v) is 9.61. The van der Waals surface area contributed by atoms with Gasteiger partial charge >= 0.3 is 0 Å². The van der Waals surface area contributed by atoms with Crippen LogP contribution in [-0.2, 0) is 0 Å². The molecule has 1 aromatic heterocycles. The monoisotopic (exact) mass is 383 g/mol. The van der Waals surface area contributed by atoms with Gasteiger partial charge in [-0.3, -0.25) is 0 Å². The standard InChI is InChI=1S/C5HClFI2N/c6-3-1-2(8)4(7)5(9)10-3/h1H. The SMILES string of the molecule is Fc1c(I)cc(Cl)nc1I. The van der Waals surface area contributed by atoms with E-state index in [1.165, 1.54) is 6.07 Å². The van der Waals surface area contributed by atoms with Crippen LogP contribution in [0.25, 0.3) is 0 Å². The Hall–Kier alpha value is 0.830. The summed E-state index contributed by atoms with van der Waals surface area (Å²) in [7, 11) is 0. The van der Waals surface area contributed by atoms with Gasteiger partial charge in [-0.15, -0.1) is 0 Å². The van der Waals surface area contributed by atoms with Crippen molar-refractivity contribution in [2.45, 2.75) is 0 Å². The molecule has 10 heavy (non-hydrogen) atoms. The highest BCUT2D eigenvalue weighted by molar-refractivity contribution is 14.1. The van der Waals surface area contributed by atoms with Gasteiger partial charge in [0.05, 0.1) is 3.57 Å². The first-order valence-electron chi connectivity index (χ1n) is 2.28. The van der Waals surface area contributed by atoms with Gasteiger partial charge in [-0.05, 0) is 51.2 Å². The number of aromatic nitrogens is 1. The van der Waals surface area contributed by atoms with E-state index in [1.807, 2.05) is 22.6 Å². The Kier molecular flexibility index (Phi) is 3.11. The van der Waals surface area contributed by atoms with E-state index in [4.69, 9.17) is 11.6 Å². The summed E-state index contributed by atoms with van der Waals surface area (Å²) in [5.41, 5.74) is 0. The summed E-state index contributed by atoms with van der Waals surface area (Å²) in [4.78, 5) is 3.71. The Morgan fingerprint density at radius 3 is 2.60 bits per heavy atom. The molecule has 0 fully saturated rings. The summed E-state index contributed by atoms with van der Waals surface area (Å²) >= 11 is 9.21. The molecule has 5 heteroatoms. The second-order valence-corrected chi connectivity index (χ2v) is 4.10. The lowest BCUT2D eigenvalue weighted by atomic mass is 10.5. The number of nitrogens with zero attached hydrogens (tertiary/aromatic N) is 1. The molecular weight excluding hydrogens is 382 g/mol. The van der Waals surface area contributed by atoms with Gasteiger partial charge in [-0.2, -0.15) is 0 Å². The van der Waals surface area contributed by atoms with Crippen LogP contribution in [0.15, 0.2) is 6.07 Å². The van der Waals surface area contributed by atoms with Crippen LogP contribution in [0.1, 0.15) is 0 Å². The molecule has 0 unspecified atom stereocenters. The van der Waals surface area contributed by atoms with E-state index in [0.29, 0.717) is 12.4 Å². The van der Waals surface area contributed by atoms with Gasteiger partial charge in [-0.1, -0.05) is 11.6 Å². The van der Waals surface area contributed by atoms with E-state index < -0.39 is 0 Å². The first-order valence-corrected chi connectivity index (χ1v) is 4.82. The van der Waals surface area contributed by atoms with Gasteiger partial charge in [0.15, 0.2) is 5.82 Å². The normalized spacial score (nSPS) is 10.0. The first-order chi connectivity index (χ1) is 4.61. The number of hydrogen-bond donors (Lipinski definition) is 0. The predicted octanol–water partition coefficient (Wildman–Crippen LogP) is 3.08. The molecule has 0 saturated carbocycles. The summed E-state index contributed by atoms with van der Waals surface area (Å²) in [6.07, 6.45) is 0. The third kappa shape index (κ3) is 1.91. The zero-order chi connectivity index (χ0) is 7.72. The first kappa shape index (κ1) is 8.92. The van der Waals surface area contributed by atoms with Crippen molar-refractivity contribution in [1.82, 2.24) is 4.98 Å². The predicted molar refractivity (Wildman–Crippen MR) is 54.6 cm³/mol. The lowest BCUT2D eigenvalue weighted by Crippen LogP contribution is -1.91. The van der Waals surface area contributed by atoms with E-state index in [1.54, 1.807) is 22.6 Å². The Balaban J connectivity index is 3.31. The summed E-state index contributed by atoms with van der Waals surface area (Å²) in [5.74, 6) is -0.300. The van der Waals surface area contributed by atoms with E-state index in [0.717, 1.165) is 0 Å². The fourth-order valence-electron chi connectivity index (χ4n) is 0.442. The number of hydrogen-bond acceptors (Lipinski definition) is 1. The third-order valence-corrected chi connectivity index (χ3v) is 2.53. The van der Waals surface area contributed by atoms with Crippen LogP contribution in [0.5, 0.6) is 0 Å². The fourth-order valence-corrected chi connectivity index (χ4v) is 2.58. The van der Waals surface area contributed by atoms with Gasteiger partial charge in [0.2, 0.25) is 0 Å². The molecule has 1 aromatic rings. The van der Waals surface area contributed by atoms with E-state index >= 15 is 0 Å². The molecule has 54 valence electrons. The molecule has 0 spiro atoms. The molecule has 0 aliphatic carbocycles. The minimum atomic E-state index is -0.300. The number of pyridine rings is 1. The molecule has 0 aromatic carbocycles. The third-order valence-electron chi connectivity index (χ3n) is 0.842. The van der Waals surface area contributed by atoms with E-state index in [-0.39, 0.29) is 5.82 Å². The molecule has 1 nitrogen and oxygen atoms in total. The van der Waals surface area contributed by atoms with Crippen LogP contribution in [0, 0.1) is 13.1 Å². The molecule has 0 bridgehead atoms. The Labute approximate surface area is 89.6 Å². The van der Waals surface area contributed by atoms with Crippen LogP contribution >= 0.6 is 56.8 Å². The van der Waals surface area contributed by atoms with Crippen molar-refractivity contribution >= 4 is 56.8 Å². The average Bonchev–Trinajstić information content (AvgIpc) is 1.82. The molecular formula is C5HClFI2N. The minimum Gasteiger partial charge on any atom is -0.227 e. The highest BCUT2D eigenvalue weighted by Gasteiger charge is 2.05. The summed E-state index contributed by atoms with van der Waals surface area (Å²) in [6, 6.07) is 1.49. The van der Waals surface area contributed by atoms with Crippen molar-refractivity contribution < 1.29 is 4.39 Å². The zero-order valence-electron chi connectivity index (χ0n) is 4.54. The lowest BCUT2D eigenvalue weighted by Gasteiger charge is -1.96. The summed E-state index contributed by atoms with van der Waals surface area (Å²) in [5, 5.41) is 0.329. The van der Waals surface area contributed by atoms with Gasteiger partial charge in [0.1, 0.15) is 8.85 Å². The van der Waals surface area contributed by atoms with E-state index in [9.17, 15) is 4.39 Å². The maximum atomic E-state index is 12.8. The number of halogens is 4. The van der Waals surface area contributed by atoms with Crippen molar-refractivity contribution in [2.24, 2.45) is 0 Å². The number of rotatable bonds is 0. The van der Waals surface area contributed by atoms with Crippen molar-refractivity contribution in [3.63, 3.8) is 0 Å². The molecule has 0 aliphatic rings. The largest absolute Gasteiger partial charge is 0.227 e. The molecule has 0 N–H and O–H groups in total. The topological polar surface area (TPSA) is 12.9 Å². The van der Waals surface area contributed by atoms with Crippen LogP contribution < -0.4 is 0 Å². The highest BCUT2D eigenvalue weighted by atomic mass is 127. The van der Waals surface area contributed by atoms with Crippen molar-refractivity contribution in [2.75, 3.05) is 0 Å². The quantitative estimate of drug-likeness (QED) is 0.496. The molecule has 1 rings (SSSR count). The highest BCUT2D eigenvalue weighted by Crippen LogP contribution is 2.18. The van der Waals surface area contributed by atoms with Crippen LogP contribution in [-0.4, -0.2) is 4.98 Å². The molecule has 0 saturated heterocycles. The fraction of sp³-hybridized carbons (Fsp3) is 0. The lowest BCUT2D eigenvalue weighted by molar-refractivity contribution is 0.604. The summed E-state index contributed by atoms with van der Waals surface area (Å²) in [6.45, 7) is 0.